The third kappa shape index (κ3) is 3.49. The lowest BCUT2D eigenvalue weighted by Gasteiger charge is -2.31. The summed E-state index contributed by atoms with van der Waals surface area (Å²) in [6.45, 7) is 7.42. The molecule has 0 unspecified atom stereocenters. The Morgan fingerprint density at radius 1 is 1.24 bits per heavy atom. The number of aromatic amines is 1. The number of hydrogen-bond donors (Lipinski definition) is 2. The molecule has 0 saturated carbocycles. The number of H-pyrrole nitrogens is 1. The summed E-state index contributed by atoms with van der Waals surface area (Å²) in [6, 6.07) is 6.79. The Labute approximate surface area is 197 Å². The highest BCUT2D eigenvalue weighted by Crippen LogP contribution is 2.41. The largest absolute Gasteiger partial charge is 0.480 e. The molecular formula is C26H29N5O3. The van der Waals surface area contributed by atoms with Crippen molar-refractivity contribution in [3.05, 3.63) is 53.0 Å². The first-order valence-electron chi connectivity index (χ1n) is 12.0. The Morgan fingerprint density at radius 3 is 2.79 bits per heavy atom. The van der Waals surface area contributed by atoms with Crippen LogP contribution in [0.25, 0.3) is 27.8 Å². The number of carboxylic acid groups (broad SMARTS) is 1. The van der Waals surface area contributed by atoms with Gasteiger partial charge in [-0.05, 0) is 66.6 Å². The minimum Gasteiger partial charge on any atom is -0.480 e. The molecule has 176 valence electrons. The van der Waals surface area contributed by atoms with Gasteiger partial charge in [0.05, 0.1) is 25.5 Å². The topological polar surface area (TPSA) is 95.8 Å². The van der Waals surface area contributed by atoms with Crippen molar-refractivity contribution in [1.82, 2.24) is 24.5 Å². The van der Waals surface area contributed by atoms with Crippen molar-refractivity contribution in [1.29, 1.82) is 0 Å². The van der Waals surface area contributed by atoms with Gasteiger partial charge in [0.1, 0.15) is 6.33 Å². The van der Waals surface area contributed by atoms with E-state index in [-0.39, 0.29) is 6.54 Å². The summed E-state index contributed by atoms with van der Waals surface area (Å²) in [6.07, 6.45) is 5.65. The number of fused-ring (bicyclic) bond motifs is 4. The van der Waals surface area contributed by atoms with E-state index in [9.17, 15) is 4.79 Å². The fourth-order valence-electron chi connectivity index (χ4n) is 5.76. The van der Waals surface area contributed by atoms with Crippen LogP contribution in [-0.2, 0) is 22.7 Å². The van der Waals surface area contributed by atoms with Gasteiger partial charge >= 0.3 is 5.97 Å². The first-order valence-corrected chi connectivity index (χ1v) is 12.0. The molecule has 4 aromatic rings. The zero-order valence-corrected chi connectivity index (χ0v) is 19.5. The molecule has 0 bridgehead atoms. The monoisotopic (exact) mass is 459 g/mol. The van der Waals surface area contributed by atoms with Gasteiger partial charge in [0.2, 0.25) is 0 Å². The Bertz CT molecular complexity index is 1390. The molecule has 0 radical (unpaired) electrons. The third-order valence-corrected chi connectivity index (χ3v) is 7.40. The fourth-order valence-corrected chi connectivity index (χ4v) is 5.76. The summed E-state index contributed by atoms with van der Waals surface area (Å²) in [5.74, 6) is 0.0417. The molecule has 2 aliphatic heterocycles. The fraction of sp³-hybridized carbons (Fsp3) is 0.423. The summed E-state index contributed by atoms with van der Waals surface area (Å²) in [5, 5.41) is 14.8. The van der Waals surface area contributed by atoms with Crippen molar-refractivity contribution in [2.24, 2.45) is 0 Å². The number of nitrogens with zero attached hydrogens (tertiary/aromatic N) is 4. The molecule has 1 aromatic carbocycles. The van der Waals surface area contributed by atoms with E-state index in [0.717, 1.165) is 53.9 Å². The number of rotatable bonds is 5. The van der Waals surface area contributed by atoms with Crippen molar-refractivity contribution in [2.45, 2.75) is 51.7 Å². The predicted octanol–water partition coefficient (Wildman–Crippen LogP) is 4.30. The van der Waals surface area contributed by atoms with Gasteiger partial charge in [-0.15, -0.1) is 0 Å². The number of carboxylic acids is 1. The number of likely N-dealkylation sites (tertiary alicyclic amines) is 1. The number of aromatic nitrogens is 4. The quantitative estimate of drug-likeness (QED) is 0.462. The van der Waals surface area contributed by atoms with Crippen LogP contribution in [0.1, 0.15) is 60.8 Å². The van der Waals surface area contributed by atoms with Crippen molar-refractivity contribution in [3.63, 3.8) is 0 Å². The molecule has 5 heterocycles. The van der Waals surface area contributed by atoms with Crippen molar-refractivity contribution in [3.8, 4) is 11.3 Å². The summed E-state index contributed by atoms with van der Waals surface area (Å²) < 4.78 is 7.68. The predicted molar refractivity (Wildman–Crippen MR) is 129 cm³/mol. The highest BCUT2D eigenvalue weighted by atomic mass is 16.5. The molecule has 8 heteroatoms. The van der Waals surface area contributed by atoms with Gasteiger partial charge in [0, 0.05) is 28.2 Å². The van der Waals surface area contributed by atoms with Gasteiger partial charge in [-0.3, -0.25) is 9.69 Å². The first-order chi connectivity index (χ1) is 16.5. The summed E-state index contributed by atoms with van der Waals surface area (Å²) in [5.41, 5.74) is 9.25. The smallest absolute Gasteiger partial charge is 0.317 e. The van der Waals surface area contributed by atoms with Gasteiger partial charge in [0.15, 0.2) is 5.65 Å². The third-order valence-electron chi connectivity index (χ3n) is 7.40. The molecular weight excluding hydrogens is 430 g/mol. The second kappa shape index (κ2) is 8.21. The van der Waals surface area contributed by atoms with Gasteiger partial charge < -0.3 is 14.8 Å². The Morgan fingerprint density at radius 2 is 2.03 bits per heavy atom. The molecule has 1 fully saturated rings. The molecule has 2 aliphatic rings. The van der Waals surface area contributed by atoms with E-state index in [0.29, 0.717) is 25.0 Å². The maximum absolute atomic E-state index is 11.1. The normalized spacial score (nSPS) is 17.3. The molecule has 1 saturated heterocycles. The van der Waals surface area contributed by atoms with E-state index in [4.69, 9.17) is 9.84 Å². The highest BCUT2D eigenvalue weighted by molar-refractivity contribution is 5.93. The number of nitrogens with one attached hydrogen (secondary N) is 1. The molecule has 6 rings (SSSR count). The molecule has 8 nitrogen and oxygen atoms in total. The van der Waals surface area contributed by atoms with Gasteiger partial charge in [-0.1, -0.05) is 19.9 Å². The zero-order chi connectivity index (χ0) is 23.4. The minimum absolute atomic E-state index is 0.134. The molecule has 0 spiro atoms. The number of piperidine rings is 1. The average Bonchev–Trinajstić information content (AvgIpc) is 3.55. The van der Waals surface area contributed by atoms with Gasteiger partial charge in [0.25, 0.3) is 0 Å². The molecule has 0 atom stereocenters. The SMILES string of the molecule is CC(C)c1c(-c2cn3ncnc3c3c2COC3)[nH]c2ccc(C3CCN(CC(=O)O)CC3)cc12. The maximum atomic E-state index is 11.1. The van der Waals surface area contributed by atoms with Crippen LogP contribution in [-0.4, -0.2) is 55.2 Å². The Balaban J connectivity index is 1.42. The molecule has 2 N–H and O–H groups in total. The lowest BCUT2D eigenvalue weighted by Crippen LogP contribution is -2.36. The van der Waals surface area contributed by atoms with Crippen molar-refractivity contribution < 1.29 is 14.6 Å². The van der Waals surface area contributed by atoms with Crippen LogP contribution in [0.4, 0.5) is 0 Å². The highest BCUT2D eigenvalue weighted by Gasteiger charge is 2.27. The molecule has 34 heavy (non-hydrogen) atoms. The standard InChI is InChI=1S/C26H29N5O3/c1-15(2)24-18-9-17(16-5-7-30(8-6-16)11-23(32)33)3-4-22(18)29-25(24)19-10-31-26(27-14-28-31)21-13-34-12-20(19)21/h3-4,9-10,14-16,29H,5-8,11-13H2,1-2H3,(H,32,33). The van der Waals surface area contributed by atoms with Crippen LogP contribution < -0.4 is 0 Å². The number of hydrogen-bond acceptors (Lipinski definition) is 5. The van der Waals surface area contributed by atoms with Crippen LogP contribution in [0.5, 0.6) is 0 Å². The second-order valence-electron chi connectivity index (χ2n) is 9.84. The van der Waals surface area contributed by atoms with E-state index < -0.39 is 5.97 Å². The van der Waals surface area contributed by atoms with Crippen LogP contribution in [0.15, 0.2) is 30.7 Å². The minimum atomic E-state index is -0.748. The van der Waals surface area contributed by atoms with Crippen LogP contribution in [0.2, 0.25) is 0 Å². The zero-order valence-electron chi connectivity index (χ0n) is 19.5. The Hall–Kier alpha value is -3.23. The first kappa shape index (κ1) is 21.3. The average molecular weight is 460 g/mol. The van der Waals surface area contributed by atoms with Crippen molar-refractivity contribution >= 4 is 22.5 Å². The van der Waals surface area contributed by atoms with E-state index in [1.807, 2.05) is 9.42 Å². The second-order valence-corrected chi connectivity index (χ2v) is 9.84. The molecule has 3 aromatic heterocycles. The van der Waals surface area contributed by atoms with Gasteiger partial charge in [-0.25, -0.2) is 9.50 Å². The van der Waals surface area contributed by atoms with Crippen molar-refractivity contribution in [2.75, 3.05) is 19.6 Å². The van der Waals surface area contributed by atoms with Crippen LogP contribution >= 0.6 is 0 Å². The maximum Gasteiger partial charge on any atom is 0.317 e. The lowest BCUT2D eigenvalue weighted by atomic mass is 9.87. The van der Waals surface area contributed by atoms with E-state index in [2.05, 4.69) is 53.3 Å². The van der Waals surface area contributed by atoms with E-state index >= 15 is 0 Å². The number of ether oxygens (including phenoxy) is 1. The van der Waals surface area contributed by atoms with E-state index in [1.54, 1.807) is 6.33 Å². The molecule has 0 amide bonds. The number of aliphatic carboxylic acids is 1. The van der Waals surface area contributed by atoms with Crippen LogP contribution in [0, 0.1) is 0 Å². The summed E-state index contributed by atoms with van der Waals surface area (Å²) in [4.78, 5) is 21.2. The summed E-state index contributed by atoms with van der Waals surface area (Å²) in [7, 11) is 0. The van der Waals surface area contributed by atoms with Crippen LogP contribution in [0.3, 0.4) is 0 Å². The Kier molecular flexibility index (Phi) is 5.15. The lowest BCUT2D eigenvalue weighted by molar-refractivity contribution is -0.138. The van der Waals surface area contributed by atoms with E-state index in [1.165, 1.54) is 22.1 Å². The van der Waals surface area contributed by atoms with Gasteiger partial charge in [-0.2, -0.15) is 5.10 Å². The number of carbonyl (C=O) groups is 1. The number of benzene rings is 1. The summed E-state index contributed by atoms with van der Waals surface area (Å²) >= 11 is 0. The number of pyridine rings is 1. The molecule has 0 aliphatic carbocycles.